The third-order valence-electron chi connectivity index (χ3n) is 4.06. The molecule has 1 atom stereocenters. The first-order valence-electron chi connectivity index (χ1n) is 9.03. The summed E-state index contributed by atoms with van der Waals surface area (Å²) < 4.78 is 23.4. The molecular formula is C21H20FN3O4. The number of nitrogens with zero attached hydrogens (tertiary/aromatic N) is 1. The highest BCUT2D eigenvalue weighted by atomic mass is 19.1. The van der Waals surface area contributed by atoms with E-state index in [1.807, 2.05) is 0 Å². The lowest BCUT2D eigenvalue weighted by Gasteiger charge is -2.17. The zero-order valence-electron chi connectivity index (χ0n) is 15.9. The third kappa shape index (κ3) is 5.19. The molecule has 29 heavy (non-hydrogen) atoms. The van der Waals surface area contributed by atoms with Crippen LogP contribution in [0.2, 0.25) is 0 Å². The van der Waals surface area contributed by atoms with Crippen LogP contribution in [0.3, 0.4) is 0 Å². The summed E-state index contributed by atoms with van der Waals surface area (Å²) in [7, 11) is 0. The molecule has 7 nitrogen and oxygen atoms in total. The number of amides is 1. The molecule has 3 aromatic rings. The Hall–Kier alpha value is -3.68. The molecule has 150 valence electrons. The number of aromatic nitrogens is 1. The van der Waals surface area contributed by atoms with E-state index in [0.717, 1.165) is 0 Å². The van der Waals surface area contributed by atoms with Crippen LogP contribution in [0.15, 0.2) is 59.1 Å². The maximum Gasteiger partial charge on any atom is 0.341 e. The van der Waals surface area contributed by atoms with Crippen molar-refractivity contribution in [3.63, 3.8) is 0 Å². The van der Waals surface area contributed by atoms with Crippen molar-refractivity contribution in [2.45, 2.75) is 26.4 Å². The van der Waals surface area contributed by atoms with Crippen LogP contribution in [0.5, 0.6) is 0 Å². The molecule has 0 aliphatic carbocycles. The molecule has 0 bridgehead atoms. The van der Waals surface area contributed by atoms with Crippen molar-refractivity contribution in [2.75, 3.05) is 10.6 Å². The van der Waals surface area contributed by atoms with E-state index in [0.29, 0.717) is 17.1 Å². The number of benzene rings is 2. The lowest BCUT2D eigenvalue weighted by molar-refractivity contribution is -0.124. The van der Waals surface area contributed by atoms with Gasteiger partial charge in [0.15, 0.2) is 11.9 Å². The molecule has 0 aliphatic heterocycles. The van der Waals surface area contributed by atoms with Gasteiger partial charge >= 0.3 is 5.97 Å². The molecule has 2 aromatic carbocycles. The summed E-state index contributed by atoms with van der Waals surface area (Å²) in [6, 6.07) is 14.0. The van der Waals surface area contributed by atoms with Crippen molar-refractivity contribution in [1.29, 1.82) is 0 Å². The summed E-state index contributed by atoms with van der Waals surface area (Å²) in [6.07, 6.45) is -0.722. The van der Waals surface area contributed by atoms with Gasteiger partial charge in [0.25, 0.3) is 5.91 Å². The predicted octanol–water partition coefficient (Wildman–Crippen LogP) is 4.44. The van der Waals surface area contributed by atoms with Crippen LogP contribution in [0, 0.1) is 12.7 Å². The average molecular weight is 397 g/mol. The number of carbonyl (C=O) groups excluding carboxylic acids is 2. The van der Waals surface area contributed by atoms with Gasteiger partial charge in [-0.05, 0) is 49.7 Å². The van der Waals surface area contributed by atoms with Crippen molar-refractivity contribution >= 4 is 29.1 Å². The van der Waals surface area contributed by atoms with E-state index in [2.05, 4.69) is 15.8 Å². The molecule has 1 amide bonds. The van der Waals surface area contributed by atoms with Gasteiger partial charge in [0.2, 0.25) is 0 Å². The molecule has 0 fully saturated rings. The fourth-order valence-electron chi connectivity index (χ4n) is 2.61. The highest BCUT2D eigenvalue weighted by molar-refractivity contribution is 6.00. The van der Waals surface area contributed by atoms with Gasteiger partial charge in [0.1, 0.15) is 11.6 Å². The number of anilines is 3. The monoisotopic (exact) mass is 397 g/mol. The van der Waals surface area contributed by atoms with Gasteiger partial charge < -0.3 is 19.9 Å². The lowest BCUT2D eigenvalue weighted by atomic mass is 10.1. The van der Waals surface area contributed by atoms with Crippen molar-refractivity contribution in [3.05, 3.63) is 71.7 Å². The smallest absolute Gasteiger partial charge is 0.341 e. The Kier molecular flexibility index (Phi) is 6.23. The van der Waals surface area contributed by atoms with E-state index in [-0.39, 0.29) is 23.6 Å². The van der Waals surface area contributed by atoms with Gasteiger partial charge in [-0.3, -0.25) is 4.79 Å². The fourth-order valence-corrected chi connectivity index (χ4v) is 2.61. The van der Waals surface area contributed by atoms with Gasteiger partial charge in [-0.25, -0.2) is 9.18 Å². The molecule has 1 unspecified atom stereocenters. The number of carbonyl (C=O) groups is 2. The standard InChI is InChI=1S/C21H20FN3O4/c1-3-18(20(26)24-19-12-13(2)29-25-19)28-21(27)16-6-4-5-7-17(16)23-15-10-8-14(22)9-11-15/h4-12,18,23H,3H2,1-2H3,(H,24,25,26). The molecule has 0 spiro atoms. The minimum Gasteiger partial charge on any atom is -0.449 e. The fraction of sp³-hybridized carbons (Fsp3) is 0.190. The van der Waals surface area contributed by atoms with E-state index in [1.54, 1.807) is 56.3 Å². The zero-order valence-corrected chi connectivity index (χ0v) is 15.9. The average Bonchev–Trinajstić information content (AvgIpc) is 3.12. The maximum atomic E-state index is 13.1. The lowest BCUT2D eigenvalue weighted by Crippen LogP contribution is -2.32. The Balaban J connectivity index is 1.72. The van der Waals surface area contributed by atoms with E-state index < -0.39 is 18.0 Å². The van der Waals surface area contributed by atoms with Crippen molar-refractivity contribution in [3.8, 4) is 0 Å². The number of hydrogen-bond donors (Lipinski definition) is 2. The number of para-hydroxylation sites is 1. The van der Waals surface area contributed by atoms with Gasteiger partial charge in [0, 0.05) is 11.8 Å². The maximum absolute atomic E-state index is 13.1. The molecule has 0 radical (unpaired) electrons. The number of rotatable bonds is 7. The normalized spacial score (nSPS) is 11.6. The summed E-state index contributed by atoms with van der Waals surface area (Å²) >= 11 is 0. The van der Waals surface area contributed by atoms with Gasteiger partial charge in [-0.15, -0.1) is 0 Å². The van der Waals surface area contributed by atoms with E-state index in [4.69, 9.17) is 9.26 Å². The van der Waals surface area contributed by atoms with E-state index >= 15 is 0 Å². The van der Waals surface area contributed by atoms with Gasteiger partial charge in [-0.2, -0.15) is 0 Å². The van der Waals surface area contributed by atoms with Crippen LogP contribution >= 0.6 is 0 Å². The molecule has 1 heterocycles. The van der Waals surface area contributed by atoms with Crippen LogP contribution in [0.4, 0.5) is 21.6 Å². The predicted molar refractivity (Wildman–Crippen MR) is 105 cm³/mol. The summed E-state index contributed by atoms with van der Waals surface area (Å²) in [5.41, 5.74) is 1.34. The molecule has 0 saturated heterocycles. The number of nitrogens with one attached hydrogen (secondary N) is 2. The Morgan fingerprint density at radius 3 is 2.55 bits per heavy atom. The molecule has 2 N–H and O–H groups in total. The number of halogens is 1. The number of hydrogen-bond acceptors (Lipinski definition) is 6. The van der Waals surface area contributed by atoms with Crippen molar-refractivity contribution < 1.29 is 23.2 Å². The van der Waals surface area contributed by atoms with Crippen LogP contribution in [0.1, 0.15) is 29.5 Å². The van der Waals surface area contributed by atoms with Crippen LogP contribution in [-0.2, 0) is 9.53 Å². The van der Waals surface area contributed by atoms with E-state index in [9.17, 15) is 14.0 Å². The topological polar surface area (TPSA) is 93.5 Å². The molecule has 8 heteroatoms. The minimum atomic E-state index is -1.00. The summed E-state index contributed by atoms with van der Waals surface area (Å²) in [5, 5.41) is 9.30. The first-order chi connectivity index (χ1) is 14.0. The highest BCUT2D eigenvalue weighted by Crippen LogP contribution is 2.23. The number of ether oxygens (including phenoxy) is 1. The van der Waals surface area contributed by atoms with Crippen LogP contribution in [-0.4, -0.2) is 23.1 Å². The first-order valence-corrected chi connectivity index (χ1v) is 9.03. The van der Waals surface area contributed by atoms with Crippen LogP contribution < -0.4 is 10.6 Å². The molecular weight excluding hydrogens is 377 g/mol. The second kappa shape index (κ2) is 9.01. The Labute approximate surface area is 166 Å². The molecule has 0 aliphatic rings. The third-order valence-corrected chi connectivity index (χ3v) is 4.06. The SMILES string of the molecule is CCC(OC(=O)c1ccccc1Nc1ccc(F)cc1)C(=O)Nc1cc(C)on1. The Morgan fingerprint density at radius 1 is 1.17 bits per heavy atom. The highest BCUT2D eigenvalue weighted by Gasteiger charge is 2.24. The van der Waals surface area contributed by atoms with Crippen molar-refractivity contribution in [1.82, 2.24) is 5.16 Å². The second-order valence-electron chi connectivity index (χ2n) is 6.29. The largest absolute Gasteiger partial charge is 0.449 e. The van der Waals surface area contributed by atoms with Gasteiger partial charge in [-0.1, -0.05) is 24.2 Å². The molecule has 1 aromatic heterocycles. The Bertz CT molecular complexity index is 1000. The minimum absolute atomic E-state index is 0.250. The molecule has 0 saturated carbocycles. The Morgan fingerprint density at radius 2 is 1.90 bits per heavy atom. The molecule has 3 rings (SSSR count). The second-order valence-corrected chi connectivity index (χ2v) is 6.29. The zero-order chi connectivity index (χ0) is 20.8. The van der Waals surface area contributed by atoms with Crippen LogP contribution in [0.25, 0.3) is 0 Å². The summed E-state index contributed by atoms with van der Waals surface area (Å²) in [6.45, 7) is 3.43. The van der Waals surface area contributed by atoms with Gasteiger partial charge in [0.05, 0.1) is 11.3 Å². The van der Waals surface area contributed by atoms with Crippen molar-refractivity contribution in [2.24, 2.45) is 0 Å². The first kappa shape index (κ1) is 20.1. The quantitative estimate of drug-likeness (QED) is 0.573. The summed E-state index contributed by atoms with van der Waals surface area (Å²) in [5.74, 6) is -0.722. The number of aryl methyl sites for hydroxylation is 1. The summed E-state index contributed by atoms with van der Waals surface area (Å²) in [4.78, 5) is 25.1. The number of esters is 1. The van der Waals surface area contributed by atoms with E-state index in [1.165, 1.54) is 12.1 Å².